The Bertz CT molecular complexity index is 518. The molecular weight excluding hydrogens is 266 g/mol. The number of nitrogens with zero attached hydrogens (tertiary/aromatic N) is 2. The molecule has 0 bridgehead atoms. The second-order valence-corrected chi connectivity index (χ2v) is 6.28. The number of hydrogen-bond acceptors (Lipinski definition) is 4. The quantitative estimate of drug-likeness (QED) is 0.686. The number of nitro benzene ring substituents is 1. The molecule has 1 N–H and O–H groups in total. The molecule has 1 aromatic rings. The summed E-state index contributed by atoms with van der Waals surface area (Å²) in [5.41, 5.74) is 2.10. The Morgan fingerprint density at radius 1 is 1.29 bits per heavy atom. The molecule has 0 aliphatic carbocycles. The van der Waals surface area contributed by atoms with Gasteiger partial charge in [-0.25, -0.2) is 0 Å². The molecule has 5 heteroatoms. The first-order chi connectivity index (χ1) is 10.1. The van der Waals surface area contributed by atoms with Crippen molar-refractivity contribution >= 4 is 11.4 Å². The van der Waals surface area contributed by atoms with E-state index in [-0.39, 0.29) is 10.6 Å². The lowest BCUT2D eigenvalue weighted by molar-refractivity contribution is -0.384. The van der Waals surface area contributed by atoms with Crippen molar-refractivity contribution in [1.29, 1.82) is 0 Å². The number of benzene rings is 1. The Morgan fingerprint density at radius 3 is 2.67 bits per heavy atom. The van der Waals surface area contributed by atoms with Crippen molar-refractivity contribution in [2.24, 2.45) is 5.92 Å². The predicted octanol–water partition coefficient (Wildman–Crippen LogP) is 2.87. The van der Waals surface area contributed by atoms with Gasteiger partial charge in [0.2, 0.25) is 0 Å². The minimum absolute atomic E-state index is 0.234. The van der Waals surface area contributed by atoms with Gasteiger partial charge in [0.05, 0.1) is 4.92 Å². The third kappa shape index (κ3) is 3.02. The van der Waals surface area contributed by atoms with Crippen LogP contribution in [0.5, 0.6) is 0 Å². The van der Waals surface area contributed by atoms with Gasteiger partial charge in [0.25, 0.3) is 5.69 Å². The van der Waals surface area contributed by atoms with Crippen LogP contribution < -0.4 is 10.2 Å². The highest BCUT2D eigenvalue weighted by Gasteiger charge is 2.30. The summed E-state index contributed by atoms with van der Waals surface area (Å²) in [6.45, 7) is 4.98. The average molecular weight is 289 g/mol. The van der Waals surface area contributed by atoms with Gasteiger partial charge < -0.3 is 10.2 Å². The monoisotopic (exact) mass is 289 g/mol. The number of aryl methyl sites for hydroxylation is 1. The highest BCUT2D eigenvalue weighted by molar-refractivity contribution is 5.64. The molecule has 1 atom stereocenters. The standard InChI is InChI=1S/C16H23N3O2/c1-12-4-5-15(19(20)21)16(11-12)18-9-6-13(7-10-18)14-3-2-8-17-14/h4-5,11,13-14,17H,2-3,6-10H2,1H3. The fourth-order valence-corrected chi connectivity index (χ4v) is 3.70. The van der Waals surface area contributed by atoms with Crippen molar-refractivity contribution in [3.8, 4) is 0 Å². The maximum absolute atomic E-state index is 11.2. The van der Waals surface area contributed by atoms with Crippen LogP contribution in [0.4, 0.5) is 11.4 Å². The molecule has 2 aliphatic rings. The molecule has 0 saturated carbocycles. The molecule has 0 aromatic heterocycles. The van der Waals surface area contributed by atoms with Crippen molar-refractivity contribution in [2.45, 2.75) is 38.6 Å². The summed E-state index contributed by atoms with van der Waals surface area (Å²) in [5, 5.41) is 14.8. The van der Waals surface area contributed by atoms with Gasteiger partial charge in [-0.1, -0.05) is 6.07 Å². The van der Waals surface area contributed by atoms with Crippen LogP contribution >= 0.6 is 0 Å². The summed E-state index contributed by atoms with van der Waals surface area (Å²) in [4.78, 5) is 13.1. The van der Waals surface area contributed by atoms with Gasteiger partial charge in [0.15, 0.2) is 0 Å². The fourth-order valence-electron chi connectivity index (χ4n) is 3.70. The highest BCUT2D eigenvalue weighted by atomic mass is 16.6. The molecular formula is C16H23N3O2. The fraction of sp³-hybridized carbons (Fsp3) is 0.625. The third-order valence-corrected chi connectivity index (χ3v) is 4.88. The van der Waals surface area contributed by atoms with E-state index < -0.39 is 0 Å². The van der Waals surface area contributed by atoms with Gasteiger partial charge in [0, 0.05) is 25.2 Å². The number of rotatable bonds is 3. The van der Waals surface area contributed by atoms with Gasteiger partial charge in [-0.2, -0.15) is 0 Å². The largest absolute Gasteiger partial charge is 0.366 e. The molecule has 2 fully saturated rings. The highest BCUT2D eigenvalue weighted by Crippen LogP contribution is 2.34. The van der Waals surface area contributed by atoms with Crippen LogP contribution in [0.3, 0.4) is 0 Å². The number of nitro groups is 1. The van der Waals surface area contributed by atoms with E-state index in [4.69, 9.17) is 0 Å². The predicted molar refractivity (Wildman–Crippen MR) is 83.8 cm³/mol. The number of piperidine rings is 1. The summed E-state index contributed by atoms with van der Waals surface area (Å²) in [7, 11) is 0. The van der Waals surface area contributed by atoms with Crippen molar-refractivity contribution in [1.82, 2.24) is 5.32 Å². The lowest BCUT2D eigenvalue weighted by atomic mass is 9.88. The number of hydrogen-bond donors (Lipinski definition) is 1. The minimum atomic E-state index is -0.264. The van der Waals surface area contributed by atoms with E-state index >= 15 is 0 Å². The lowest BCUT2D eigenvalue weighted by Gasteiger charge is -2.36. The van der Waals surface area contributed by atoms with E-state index in [0.717, 1.165) is 49.6 Å². The Morgan fingerprint density at radius 2 is 2.05 bits per heavy atom. The van der Waals surface area contributed by atoms with Crippen molar-refractivity contribution in [3.63, 3.8) is 0 Å². The summed E-state index contributed by atoms with van der Waals surface area (Å²) in [5.74, 6) is 0.729. The van der Waals surface area contributed by atoms with Gasteiger partial charge in [-0.15, -0.1) is 0 Å². The molecule has 1 aromatic carbocycles. The van der Waals surface area contributed by atoms with E-state index in [2.05, 4.69) is 10.2 Å². The molecule has 3 rings (SSSR count). The molecule has 21 heavy (non-hydrogen) atoms. The van der Waals surface area contributed by atoms with Crippen LogP contribution in [0.1, 0.15) is 31.2 Å². The molecule has 5 nitrogen and oxygen atoms in total. The van der Waals surface area contributed by atoms with Gasteiger partial charge >= 0.3 is 0 Å². The first-order valence-corrected chi connectivity index (χ1v) is 7.88. The normalized spacial score (nSPS) is 23.5. The smallest absolute Gasteiger partial charge is 0.292 e. The van der Waals surface area contributed by atoms with Crippen LogP contribution in [0.25, 0.3) is 0 Å². The Balaban J connectivity index is 1.71. The van der Waals surface area contributed by atoms with Crippen LogP contribution in [-0.2, 0) is 0 Å². The van der Waals surface area contributed by atoms with E-state index in [0.29, 0.717) is 6.04 Å². The molecule has 2 saturated heterocycles. The Kier molecular flexibility index (Phi) is 4.10. The molecule has 1 unspecified atom stereocenters. The van der Waals surface area contributed by atoms with E-state index in [1.54, 1.807) is 6.07 Å². The van der Waals surface area contributed by atoms with Crippen molar-refractivity contribution < 1.29 is 4.92 Å². The van der Waals surface area contributed by atoms with Crippen molar-refractivity contribution in [2.75, 3.05) is 24.5 Å². The Labute approximate surface area is 125 Å². The van der Waals surface area contributed by atoms with Gasteiger partial charge in [0.1, 0.15) is 5.69 Å². The summed E-state index contributed by atoms with van der Waals surface area (Å²) in [6, 6.07) is 6.07. The zero-order chi connectivity index (χ0) is 14.8. The average Bonchev–Trinajstić information content (AvgIpc) is 3.01. The van der Waals surface area contributed by atoms with Crippen molar-refractivity contribution in [3.05, 3.63) is 33.9 Å². The molecule has 0 radical (unpaired) electrons. The van der Waals surface area contributed by atoms with E-state index in [1.807, 2.05) is 19.1 Å². The van der Waals surface area contributed by atoms with Crippen LogP contribution in [0.15, 0.2) is 18.2 Å². The second kappa shape index (κ2) is 6.02. The molecule has 2 aliphatic heterocycles. The number of anilines is 1. The molecule has 2 heterocycles. The summed E-state index contributed by atoms with van der Waals surface area (Å²) in [6.07, 6.45) is 4.83. The molecule has 0 amide bonds. The first kappa shape index (κ1) is 14.3. The topological polar surface area (TPSA) is 58.4 Å². The van der Waals surface area contributed by atoms with Gasteiger partial charge in [-0.05, 0) is 56.7 Å². The Hall–Kier alpha value is -1.62. The van der Waals surface area contributed by atoms with Crippen LogP contribution in [0.2, 0.25) is 0 Å². The maximum Gasteiger partial charge on any atom is 0.292 e. The minimum Gasteiger partial charge on any atom is -0.366 e. The lowest BCUT2D eigenvalue weighted by Crippen LogP contribution is -2.41. The van der Waals surface area contributed by atoms with E-state index in [9.17, 15) is 10.1 Å². The van der Waals surface area contributed by atoms with Crippen LogP contribution in [-0.4, -0.2) is 30.6 Å². The van der Waals surface area contributed by atoms with Gasteiger partial charge in [-0.3, -0.25) is 10.1 Å². The zero-order valence-corrected chi connectivity index (χ0v) is 12.5. The zero-order valence-electron chi connectivity index (χ0n) is 12.5. The van der Waals surface area contributed by atoms with E-state index in [1.165, 1.54) is 12.8 Å². The number of nitrogens with one attached hydrogen (secondary N) is 1. The SMILES string of the molecule is Cc1ccc([N+](=O)[O-])c(N2CCC(C3CCCN3)CC2)c1. The molecule has 0 spiro atoms. The van der Waals surface area contributed by atoms with Crippen LogP contribution in [0, 0.1) is 23.0 Å². The first-order valence-electron chi connectivity index (χ1n) is 7.88. The second-order valence-electron chi connectivity index (χ2n) is 6.28. The third-order valence-electron chi connectivity index (χ3n) is 4.88. The summed E-state index contributed by atoms with van der Waals surface area (Å²) >= 11 is 0. The summed E-state index contributed by atoms with van der Waals surface area (Å²) < 4.78 is 0. The molecule has 114 valence electrons. The maximum atomic E-state index is 11.2.